The third kappa shape index (κ3) is 5.17. The number of rotatable bonds is 5. The molecule has 0 amide bonds. The molecule has 2 atom stereocenters. The van der Waals surface area contributed by atoms with Crippen LogP contribution in [0.1, 0.15) is 33.6 Å². The Labute approximate surface area is 75.4 Å². The van der Waals surface area contributed by atoms with Gasteiger partial charge in [-0.25, -0.2) is 0 Å². The molecule has 0 aromatic carbocycles. The Kier molecular flexibility index (Phi) is 4.96. The molecule has 70 valence electrons. The molecule has 0 bridgehead atoms. The molecule has 0 aromatic heterocycles. The van der Waals surface area contributed by atoms with E-state index in [0.717, 1.165) is 12.8 Å². The van der Waals surface area contributed by atoms with Gasteiger partial charge in [-0.2, -0.15) is 0 Å². The third-order valence-electron chi connectivity index (χ3n) is 1.83. The Morgan fingerprint density at radius 2 is 2.25 bits per heavy atom. The minimum Gasteiger partial charge on any atom is -0.389 e. The van der Waals surface area contributed by atoms with E-state index in [-0.39, 0.29) is 6.04 Å². The molecule has 0 spiro atoms. The smallest absolute Gasteiger partial charge is 0.0743 e. The number of hydrogen-bond donors (Lipinski definition) is 2. The van der Waals surface area contributed by atoms with Gasteiger partial charge in [0.15, 0.2) is 0 Å². The second-order valence-electron chi connectivity index (χ2n) is 3.52. The summed E-state index contributed by atoms with van der Waals surface area (Å²) >= 11 is 0. The van der Waals surface area contributed by atoms with E-state index in [9.17, 15) is 5.11 Å². The SMILES string of the molecule is C#CC(C)NCC(C)(O)CCC. The lowest BCUT2D eigenvalue weighted by atomic mass is 10.0. The maximum atomic E-state index is 9.73. The van der Waals surface area contributed by atoms with E-state index in [4.69, 9.17) is 6.42 Å². The topological polar surface area (TPSA) is 32.3 Å². The monoisotopic (exact) mass is 169 g/mol. The van der Waals surface area contributed by atoms with E-state index < -0.39 is 5.60 Å². The van der Waals surface area contributed by atoms with Gasteiger partial charge in [0.2, 0.25) is 0 Å². The second kappa shape index (κ2) is 5.18. The van der Waals surface area contributed by atoms with Crippen LogP contribution in [-0.4, -0.2) is 23.3 Å². The maximum Gasteiger partial charge on any atom is 0.0743 e. The van der Waals surface area contributed by atoms with Gasteiger partial charge in [-0.15, -0.1) is 6.42 Å². The standard InChI is InChI=1S/C10H19NO/c1-5-7-10(4,12)8-11-9(3)6-2/h2,9,11-12H,5,7-8H2,1,3-4H3. The van der Waals surface area contributed by atoms with Crippen molar-refractivity contribution in [2.75, 3.05) is 6.54 Å². The summed E-state index contributed by atoms with van der Waals surface area (Å²) in [5.41, 5.74) is -0.625. The van der Waals surface area contributed by atoms with E-state index in [1.807, 2.05) is 13.8 Å². The predicted octanol–water partition coefficient (Wildman–Crippen LogP) is 1.15. The van der Waals surface area contributed by atoms with Gasteiger partial charge >= 0.3 is 0 Å². The van der Waals surface area contributed by atoms with E-state index in [0.29, 0.717) is 6.54 Å². The zero-order chi connectivity index (χ0) is 9.61. The minimum atomic E-state index is -0.625. The number of nitrogens with one attached hydrogen (secondary N) is 1. The highest BCUT2D eigenvalue weighted by Crippen LogP contribution is 2.09. The molecule has 0 aliphatic carbocycles. The van der Waals surface area contributed by atoms with Crippen molar-refractivity contribution < 1.29 is 5.11 Å². The number of aliphatic hydroxyl groups is 1. The van der Waals surface area contributed by atoms with Gasteiger partial charge in [0, 0.05) is 6.54 Å². The molecular formula is C10H19NO. The van der Waals surface area contributed by atoms with Crippen molar-refractivity contribution in [2.24, 2.45) is 0 Å². The van der Waals surface area contributed by atoms with Crippen molar-refractivity contribution in [2.45, 2.75) is 45.3 Å². The average molecular weight is 169 g/mol. The van der Waals surface area contributed by atoms with Crippen molar-refractivity contribution >= 4 is 0 Å². The van der Waals surface area contributed by atoms with Crippen LogP contribution >= 0.6 is 0 Å². The maximum absolute atomic E-state index is 9.73. The fraction of sp³-hybridized carbons (Fsp3) is 0.800. The average Bonchev–Trinajstić information content (AvgIpc) is 2.00. The quantitative estimate of drug-likeness (QED) is 0.605. The molecule has 0 saturated heterocycles. The molecule has 0 rings (SSSR count). The lowest BCUT2D eigenvalue weighted by Gasteiger charge is -2.24. The summed E-state index contributed by atoms with van der Waals surface area (Å²) in [4.78, 5) is 0. The van der Waals surface area contributed by atoms with Crippen molar-refractivity contribution in [3.63, 3.8) is 0 Å². The summed E-state index contributed by atoms with van der Waals surface area (Å²) in [7, 11) is 0. The van der Waals surface area contributed by atoms with Gasteiger partial charge in [-0.05, 0) is 20.3 Å². The first-order valence-electron chi connectivity index (χ1n) is 4.43. The first kappa shape index (κ1) is 11.5. The van der Waals surface area contributed by atoms with Gasteiger partial charge < -0.3 is 10.4 Å². The van der Waals surface area contributed by atoms with Gasteiger partial charge in [0.05, 0.1) is 11.6 Å². The van der Waals surface area contributed by atoms with Gasteiger partial charge in [-0.1, -0.05) is 19.3 Å². The van der Waals surface area contributed by atoms with Crippen LogP contribution in [0.15, 0.2) is 0 Å². The molecule has 2 nitrogen and oxygen atoms in total. The van der Waals surface area contributed by atoms with Gasteiger partial charge in [0.25, 0.3) is 0 Å². The molecule has 2 heteroatoms. The van der Waals surface area contributed by atoms with E-state index >= 15 is 0 Å². The van der Waals surface area contributed by atoms with Crippen LogP contribution < -0.4 is 5.32 Å². The summed E-state index contributed by atoms with van der Waals surface area (Å²) < 4.78 is 0. The molecular weight excluding hydrogens is 150 g/mol. The van der Waals surface area contributed by atoms with Crippen molar-refractivity contribution in [1.82, 2.24) is 5.32 Å². The van der Waals surface area contributed by atoms with Crippen LogP contribution in [0.25, 0.3) is 0 Å². The molecule has 2 unspecified atom stereocenters. The molecule has 0 aromatic rings. The van der Waals surface area contributed by atoms with E-state index in [1.54, 1.807) is 0 Å². The fourth-order valence-corrected chi connectivity index (χ4v) is 1.06. The number of terminal acetylenes is 1. The third-order valence-corrected chi connectivity index (χ3v) is 1.83. The summed E-state index contributed by atoms with van der Waals surface area (Å²) in [6.07, 6.45) is 6.97. The van der Waals surface area contributed by atoms with Crippen molar-refractivity contribution in [1.29, 1.82) is 0 Å². The first-order chi connectivity index (χ1) is 5.52. The fourth-order valence-electron chi connectivity index (χ4n) is 1.06. The second-order valence-corrected chi connectivity index (χ2v) is 3.52. The van der Waals surface area contributed by atoms with Crippen LogP contribution in [-0.2, 0) is 0 Å². The molecule has 0 saturated carbocycles. The zero-order valence-electron chi connectivity index (χ0n) is 8.22. The van der Waals surface area contributed by atoms with Crippen LogP contribution in [0.3, 0.4) is 0 Å². The molecule has 0 radical (unpaired) electrons. The lowest BCUT2D eigenvalue weighted by molar-refractivity contribution is 0.0492. The molecule has 0 heterocycles. The Bertz CT molecular complexity index is 158. The van der Waals surface area contributed by atoms with Gasteiger partial charge in [0.1, 0.15) is 0 Å². The minimum absolute atomic E-state index is 0.0355. The predicted molar refractivity (Wildman–Crippen MR) is 51.8 cm³/mol. The lowest BCUT2D eigenvalue weighted by Crippen LogP contribution is -2.40. The number of hydrogen-bond acceptors (Lipinski definition) is 2. The Balaban J connectivity index is 3.68. The summed E-state index contributed by atoms with van der Waals surface area (Å²) in [6, 6.07) is 0.0355. The van der Waals surface area contributed by atoms with E-state index in [2.05, 4.69) is 18.2 Å². The normalized spacial score (nSPS) is 17.9. The zero-order valence-corrected chi connectivity index (χ0v) is 8.22. The Morgan fingerprint density at radius 1 is 1.67 bits per heavy atom. The highest BCUT2D eigenvalue weighted by Gasteiger charge is 2.18. The molecule has 0 aliphatic rings. The molecule has 12 heavy (non-hydrogen) atoms. The summed E-state index contributed by atoms with van der Waals surface area (Å²) in [6.45, 7) is 6.35. The van der Waals surface area contributed by atoms with Crippen LogP contribution in [0.2, 0.25) is 0 Å². The van der Waals surface area contributed by atoms with Crippen molar-refractivity contribution in [3.8, 4) is 12.3 Å². The Morgan fingerprint density at radius 3 is 2.67 bits per heavy atom. The highest BCUT2D eigenvalue weighted by atomic mass is 16.3. The van der Waals surface area contributed by atoms with Gasteiger partial charge in [-0.3, -0.25) is 0 Å². The molecule has 2 N–H and O–H groups in total. The van der Waals surface area contributed by atoms with Crippen LogP contribution in [0.5, 0.6) is 0 Å². The van der Waals surface area contributed by atoms with Crippen LogP contribution in [0.4, 0.5) is 0 Å². The van der Waals surface area contributed by atoms with Crippen molar-refractivity contribution in [3.05, 3.63) is 0 Å². The summed E-state index contributed by atoms with van der Waals surface area (Å²) in [5.74, 6) is 2.56. The molecule has 0 fully saturated rings. The van der Waals surface area contributed by atoms with Crippen LogP contribution in [0, 0.1) is 12.3 Å². The summed E-state index contributed by atoms with van der Waals surface area (Å²) in [5, 5.41) is 12.8. The van der Waals surface area contributed by atoms with E-state index in [1.165, 1.54) is 0 Å². The first-order valence-corrected chi connectivity index (χ1v) is 4.43. The molecule has 0 aliphatic heterocycles. The highest BCUT2D eigenvalue weighted by molar-refractivity contribution is 4.96. The largest absolute Gasteiger partial charge is 0.389 e. The Hall–Kier alpha value is -0.520.